The first-order chi connectivity index (χ1) is 14.7. The molecule has 0 atom stereocenters. The van der Waals surface area contributed by atoms with E-state index >= 15 is 0 Å². The maximum Gasteiger partial charge on any atom is 0.303 e. The van der Waals surface area contributed by atoms with Crippen LogP contribution in [0, 0.1) is 0 Å². The van der Waals surface area contributed by atoms with Gasteiger partial charge in [0, 0.05) is 6.42 Å². The summed E-state index contributed by atoms with van der Waals surface area (Å²) >= 11 is 0. The Morgan fingerprint density at radius 2 is 1.20 bits per heavy atom. The van der Waals surface area contributed by atoms with Gasteiger partial charge < -0.3 is 14.6 Å². The first-order valence-electron chi connectivity index (χ1n) is 10.8. The number of benzene rings is 2. The lowest BCUT2D eigenvalue weighted by molar-refractivity contribution is -0.137. The molecule has 2 aromatic carbocycles. The summed E-state index contributed by atoms with van der Waals surface area (Å²) in [7, 11) is 0. The Balaban J connectivity index is 1.69. The molecule has 0 amide bonds. The van der Waals surface area contributed by atoms with Crippen LogP contribution >= 0.6 is 0 Å². The van der Waals surface area contributed by atoms with Crippen molar-refractivity contribution in [2.24, 2.45) is 10.2 Å². The quantitative estimate of drug-likeness (QED) is 0.250. The molecule has 0 aromatic heterocycles. The predicted octanol–water partition coefficient (Wildman–Crippen LogP) is 7.08. The summed E-state index contributed by atoms with van der Waals surface area (Å²) in [6, 6.07) is 15.1. The van der Waals surface area contributed by atoms with E-state index in [4.69, 9.17) is 14.6 Å². The Morgan fingerprint density at radius 1 is 0.733 bits per heavy atom. The van der Waals surface area contributed by atoms with E-state index in [2.05, 4.69) is 17.2 Å². The largest absolute Gasteiger partial charge is 0.494 e. The second-order valence-electron chi connectivity index (χ2n) is 7.15. The van der Waals surface area contributed by atoms with E-state index in [-0.39, 0.29) is 6.42 Å². The minimum atomic E-state index is -0.747. The Hall–Kier alpha value is -2.89. The molecular formula is C24H32N2O4. The van der Waals surface area contributed by atoms with Gasteiger partial charge in [0.25, 0.3) is 0 Å². The highest BCUT2D eigenvalue weighted by Gasteiger charge is 1.99. The third-order valence-corrected chi connectivity index (χ3v) is 4.52. The summed E-state index contributed by atoms with van der Waals surface area (Å²) in [5.74, 6) is 0.880. The minimum Gasteiger partial charge on any atom is -0.494 e. The van der Waals surface area contributed by atoms with E-state index in [1.807, 2.05) is 48.5 Å². The molecular weight excluding hydrogens is 380 g/mol. The van der Waals surface area contributed by atoms with Crippen LogP contribution in [0.25, 0.3) is 0 Å². The zero-order chi connectivity index (χ0) is 21.4. The molecule has 6 nitrogen and oxygen atoms in total. The van der Waals surface area contributed by atoms with Crippen molar-refractivity contribution in [3.63, 3.8) is 0 Å². The van der Waals surface area contributed by atoms with Gasteiger partial charge in [0.1, 0.15) is 11.5 Å². The summed E-state index contributed by atoms with van der Waals surface area (Å²) in [4.78, 5) is 10.5. The van der Waals surface area contributed by atoms with Crippen molar-refractivity contribution >= 4 is 17.3 Å². The Morgan fingerprint density at radius 3 is 1.63 bits per heavy atom. The van der Waals surface area contributed by atoms with Crippen LogP contribution in [0.5, 0.6) is 11.5 Å². The molecule has 0 fully saturated rings. The molecule has 0 aliphatic heterocycles. The molecule has 6 heteroatoms. The molecule has 0 bridgehead atoms. The summed E-state index contributed by atoms with van der Waals surface area (Å²) in [5.41, 5.74) is 1.52. The van der Waals surface area contributed by atoms with Crippen LogP contribution in [0.3, 0.4) is 0 Å². The van der Waals surface area contributed by atoms with Crippen LogP contribution in [0.1, 0.15) is 58.3 Å². The number of azo groups is 1. The van der Waals surface area contributed by atoms with Crippen molar-refractivity contribution in [3.05, 3.63) is 48.5 Å². The zero-order valence-electron chi connectivity index (χ0n) is 17.8. The first-order valence-corrected chi connectivity index (χ1v) is 10.8. The lowest BCUT2D eigenvalue weighted by atomic mass is 10.2. The highest BCUT2D eigenvalue weighted by Crippen LogP contribution is 2.23. The maximum atomic E-state index is 10.5. The van der Waals surface area contributed by atoms with Gasteiger partial charge in [-0.1, -0.05) is 26.2 Å². The fourth-order valence-electron chi connectivity index (χ4n) is 2.80. The fourth-order valence-corrected chi connectivity index (χ4v) is 2.80. The molecule has 2 rings (SSSR count). The molecule has 0 radical (unpaired) electrons. The normalized spacial score (nSPS) is 11.0. The van der Waals surface area contributed by atoms with Crippen molar-refractivity contribution < 1.29 is 19.4 Å². The average molecular weight is 413 g/mol. The van der Waals surface area contributed by atoms with Gasteiger partial charge in [-0.2, -0.15) is 10.2 Å². The number of ether oxygens (including phenoxy) is 2. The number of carboxylic acid groups (broad SMARTS) is 1. The van der Waals surface area contributed by atoms with Crippen molar-refractivity contribution in [3.8, 4) is 11.5 Å². The van der Waals surface area contributed by atoms with E-state index in [9.17, 15) is 4.79 Å². The Bertz CT molecular complexity index is 758. The second-order valence-corrected chi connectivity index (χ2v) is 7.15. The number of aliphatic carboxylic acids is 1. The summed E-state index contributed by atoms with van der Waals surface area (Å²) in [6.45, 7) is 3.52. The third-order valence-electron chi connectivity index (χ3n) is 4.52. The zero-order valence-corrected chi connectivity index (χ0v) is 17.8. The van der Waals surface area contributed by atoms with Crippen molar-refractivity contribution in [1.82, 2.24) is 0 Å². The predicted molar refractivity (Wildman–Crippen MR) is 118 cm³/mol. The lowest BCUT2D eigenvalue weighted by Gasteiger charge is -2.06. The molecule has 0 saturated carbocycles. The SMILES string of the molecule is CCCCCCOc1ccc(N=Nc2ccc(OCCCCCC(=O)O)cc2)cc1. The molecule has 0 aliphatic carbocycles. The van der Waals surface area contributed by atoms with Crippen molar-refractivity contribution in [2.45, 2.75) is 58.3 Å². The average Bonchev–Trinajstić information content (AvgIpc) is 2.76. The number of hydrogen-bond acceptors (Lipinski definition) is 5. The standard InChI is InChI=1S/C24H32N2O4/c1-2-3-4-7-18-29-22-14-10-20(11-15-22)25-26-21-12-16-23(17-13-21)30-19-8-5-6-9-24(27)28/h10-17H,2-9,18-19H2,1H3,(H,27,28). The smallest absolute Gasteiger partial charge is 0.303 e. The number of unbranched alkanes of at least 4 members (excludes halogenated alkanes) is 5. The first kappa shape index (κ1) is 23.4. The van der Waals surface area contributed by atoms with Gasteiger partial charge in [0.15, 0.2) is 0 Å². The van der Waals surface area contributed by atoms with Gasteiger partial charge in [-0.25, -0.2) is 0 Å². The van der Waals surface area contributed by atoms with Crippen LogP contribution < -0.4 is 9.47 Å². The highest BCUT2D eigenvalue weighted by atomic mass is 16.5. The van der Waals surface area contributed by atoms with E-state index < -0.39 is 5.97 Å². The fraction of sp³-hybridized carbons (Fsp3) is 0.458. The lowest BCUT2D eigenvalue weighted by Crippen LogP contribution is -1.98. The van der Waals surface area contributed by atoms with Crippen LogP contribution in [0.2, 0.25) is 0 Å². The molecule has 0 unspecified atom stereocenters. The van der Waals surface area contributed by atoms with Crippen LogP contribution in [0.15, 0.2) is 58.8 Å². The topological polar surface area (TPSA) is 80.5 Å². The summed E-state index contributed by atoms with van der Waals surface area (Å²) < 4.78 is 11.4. The number of carbonyl (C=O) groups is 1. The molecule has 0 saturated heterocycles. The van der Waals surface area contributed by atoms with Crippen molar-refractivity contribution in [1.29, 1.82) is 0 Å². The van der Waals surface area contributed by atoms with Crippen LogP contribution in [0.4, 0.5) is 11.4 Å². The third kappa shape index (κ3) is 10.0. The van der Waals surface area contributed by atoms with E-state index in [1.165, 1.54) is 19.3 Å². The van der Waals surface area contributed by atoms with E-state index in [0.29, 0.717) is 13.0 Å². The molecule has 1 N–H and O–H groups in total. The minimum absolute atomic E-state index is 0.217. The Kier molecular flexibility index (Phi) is 11.0. The summed E-state index contributed by atoms with van der Waals surface area (Å²) in [6.07, 6.45) is 7.36. The van der Waals surface area contributed by atoms with Gasteiger partial charge in [-0.15, -0.1) is 0 Å². The van der Waals surface area contributed by atoms with Gasteiger partial charge in [0.2, 0.25) is 0 Å². The monoisotopic (exact) mass is 412 g/mol. The number of nitrogens with zero attached hydrogens (tertiary/aromatic N) is 2. The number of rotatable bonds is 15. The molecule has 2 aromatic rings. The molecule has 162 valence electrons. The molecule has 30 heavy (non-hydrogen) atoms. The highest BCUT2D eigenvalue weighted by molar-refractivity contribution is 5.66. The second kappa shape index (κ2) is 14.1. The van der Waals surface area contributed by atoms with E-state index in [0.717, 1.165) is 48.7 Å². The van der Waals surface area contributed by atoms with E-state index in [1.54, 1.807) is 0 Å². The van der Waals surface area contributed by atoms with Gasteiger partial charge in [-0.05, 0) is 74.2 Å². The van der Waals surface area contributed by atoms with Gasteiger partial charge >= 0.3 is 5.97 Å². The Labute approximate surface area is 178 Å². The summed E-state index contributed by atoms with van der Waals surface area (Å²) in [5, 5.41) is 17.1. The molecule has 0 aliphatic rings. The van der Waals surface area contributed by atoms with Gasteiger partial charge in [0.05, 0.1) is 24.6 Å². The molecule has 0 spiro atoms. The maximum absolute atomic E-state index is 10.5. The molecule has 0 heterocycles. The number of carboxylic acids is 1. The van der Waals surface area contributed by atoms with Crippen molar-refractivity contribution in [2.75, 3.05) is 13.2 Å². The van der Waals surface area contributed by atoms with Crippen LogP contribution in [-0.2, 0) is 4.79 Å². The number of hydrogen-bond donors (Lipinski definition) is 1. The van der Waals surface area contributed by atoms with Crippen LogP contribution in [-0.4, -0.2) is 24.3 Å². The van der Waals surface area contributed by atoms with Gasteiger partial charge in [-0.3, -0.25) is 4.79 Å².